The van der Waals surface area contributed by atoms with Crippen LogP contribution < -0.4 is 4.72 Å². The minimum absolute atomic E-state index is 0.0216. The van der Waals surface area contributed by atoms with Crippen molar-refractivity contribution >= 4 is 16.8 Å². The van der Waals surface area contributed by atoms with E-state index in [1.54, 1.807) is 6.92 Å². The van der Waals surface area contributed by atoms with Gasteiger partial charge in [-0.25, -0.2) is 8.93 Å². The lowest BCUT2D eigenvalue weighted by Gasteiger charge is -2.26. The van der Waals surface area contributed by atoms with E-state index in [0.717, 1.165) is 24.8 Å². The van der Waals surface area contributed by atoms with Crippen molar-refractivity contribution in [3.8, 4) is 0 Å². The molecule has 0 saturated heterocycles. The van der Waals surface area contributed by atoms with Crippen LogP contribution in [-0.2, 0) is 15.8 Å². The van der Waals surface area contributed by atoms with Gasteiger partial charge in [0.2, 0.25) is 0 Å². The molecule has 0 aliphatic rings. The summed E-state index contributed by atoms with van der Waals surface area (Å²) >= 11 is 0. The predicted molar refractivity (Wildman–Crippen MR) is 98.5 cm³/mol. The van der Waals surface area contributed by atoms with Crippen molar-refractivity contribution in [2.75, 3.05) is 0 Å². The SMILES string of the molecule is CCCC/C=C(\C(C)=O)[C@@H](NS(=O)C(C)(C)C)c1ccccc1. The number of ketones is 1. The lowest BCUT2D eigenvalue weighted by Crippen LogP contribution is -2.37. The van der Waals surface area contributed by atoms with E-state index in [9.17, 15) is 9.00 Å². The molecule has 0 fully saturated rings. The van der Waals surface area contributed by atoms with Gasteiger partial charge in [0, 0.05) is 5.57 Å². The number of allylic oxidation sites excluding steroid dienone is 1. The molecule has 0 bridgehead atoms. The maximum absolute atomic E-state index is 12.6. The Morgan fingerprint density at radius 1 is 1.26 bits per heavy atom. The Labute approximate surface area is 143 Å². The number of hydrogen-bond donors (Lipinski definition) is 1. The van der Waals surface area contributed by atoms with Crippen LogP contribution in [0.5, 0.6) is 0 Å². The third-order valence-corrected chi connectivity index (χ3v) is 5.12. The van der Waals surface area contributed by atoms with Crippen LogP contribution in [-0.4, -0.2) is 14.7 Å². The molecule has 0 aliphatic carbocycles. The first-order valence-corrected chi connectivity index (χ1v) is 9.36. The summed E-state index contributed by atoms with van der Waals surface area (Å²) in [5.74, 6) is 0.0216. The Balaban J connectivity index is 3.18. The van der Waals surface area contributed by atoms with Gasteiger partial charge < -0.3 is 0 Å². The Bertz CT molecular complexity index is 558. The van der Waals surface area contributed by atoms with E-state index in [1.807, 2.05) is 57.2 Å². The predicted octanol–water partition coefficient (Wildman–Crippen LogP) is 4.49. The van der Waals surface area contributed by atoms with Crippen molar-refractivity contribution in [1.82, 2.24) is 4.72 Å². The average molecular weight is 336 g/mol. The first-order valence-electron chi connectivity index (χ1n) is 8.21. The molecule has 0 radical (unpaired) electrons. The van der Waals surface area contributed by atoms with E-state index in [2.05, 4.69) is 11.6 Å². The largest absolute Gasteiger partial charge is 0.295 e. The van der Waals surface area contributed by atoms with Crippen LogP contribution in [0, 0.1) is 0 Å². The van der Waals surface area contributed by atoms with Gasteiger partial charge in [-0.2, -0.15) is 0 Å². The smallest absolute Gasteiger partial charge is 0.157 e. The molecular weight excluding hydrogens is 306 g/mol. The number of hydrogen-bond acceptors (Lipinski definition) is 2. The van der Waals surface area contributed by atoms with Crippen LogP contribution in [0.15, 0.2) is 42.0 Å². The molecule has 0 spiro atoms. The van der Waals surface area contributed by atoms with Gasteiger partial charge in [0.05, 0.1) is 21.8 Å². The van der Waals surface area contributed by atoms with E-state index in [4.69, 9.17) is 0 Å². The molecule has 1 aromatic rings. The van der Waals surface area contributed by atoms with Crippen molar-refractivity contribution < 1.29 is 9.00 Å². The zero-order chi connectivity index (χ0) is 17.5. The molecule has 23 heavy (non-hydrogen) atoms. The topological polar surface area (TPSA) is 46.2 Å². The van der Waals surface area contributed by atoms with Gasteiger partial charge in [0.25, 0.3) is 0 Å². The van der Waals surface area contributed by atoms with Gasteiger partial charge in [-0.05, 0) is 39.7 Å². The summed E-state index contributed by atoms with van der Waals surface area (Å²) in [6, 6.07) is 9.41. The fourth-order valence-corrected chi connectivity index (χ4v) is 3.00. The first-order chi connectivity index (χ1) is 10.8. The van der Waals surface area contributed by atoms with E-state index in [1.165, 1.54) is 0 Å². The van der Waals surface area contributed by atoms with Gasteiger partial charge in [0.15, 0.2) is 5.78 Å². The zero-order valence-corrected chi connectivity index (χ0v) is 15.7. The summed E-state index contributed by atoms with van der Waals surface area (Å²) < 4.78 is 15.3. The number of benzene rings is 1. The van der Waals surface area contributed by atoms with Crippen LogP contribution in [0.2, 0.25) is 0 Å². The normalized spacial score (nSPS) is 15.3. The molecule has 0 aromatic heterocycles. The van der Waals surface area contributed by atoms with Gasteiger partial charge >= 0.3 is 0 Å². The highest BCUT2D eigenvalue weighted by Crippen LogP contribution is 2.25. The molecule has 3 nitrogen and oxygen atoms in total. The number of carbonyl (C=O) groups is 1. The van der Waals surface area contributed by atoms with Gasteiger partial charge in [0.1, 0.15) is 0 Å². The fraction of sp³-hybridized carbons (Fsp3) is 0.526. The molecule has 2 atom stereocenters. The maximum Gasteiger partial charge on any atom is 0.157 e. The molecule has 0 amide bonds. The van der Waals surface area contributed by atoms with E-state index in [0.29, 0.717) is 5.57 Å². The summed E-state index contributed by atoms with van der Waals surface area (Å²) in [4.78, 5) is 12.2. The van der Waals surface area contributed by atoms with Crippen molar-refractivity contribution in [3.05, 3.63) is 47.5 Å². The Kier molecular flexibility index (Phi) is 7.86. The fourth-order valence-electron chi connectivity index (χ4n) is 2.17. The minimum atomic E-state index is -1.26. The second kappa shape index (κ2) is 9.14. The second-order valence-corrected chi connectivity index (χ2v) is 8.70. The summed E-state index contributed by atoms with van der Waals surface area (Å²) in [5.41, 5.74) is 1.66. The van der Waals surface area contributed by atoms with Crippen LogP contribution in [0.1, 0.15) is 65.5 Å². The Morgan fingerprint density at radius 2 is 1.87 bits per heavy atom. The third-order valence-electron chi connectivity index (χ3n) is 3.55. The molecule has 0 aliphatic heterocycles. The van der Waals surface area contributed by atoms with Crippen LogP contribution in [0.3, 0.4) is 0 Å². The number of Topliss-reactive ketones (excluding diaryl/α,β-unsaturated/α-hetero) is 1. The highest BCUT2D eigenvalue weighted by atomic mass is 32.2. The number of carbonyl (C=O) groups excluding carboxylic acids is 1. The van der Waals surface area contributed by atoms with Crippen LogP contribution in [0.4, 0.5) is 0 Å². The highest BCUT2D eigenvalue weighted by molar-refractivity contribution is 7.84. The van der Waals surface area contributed by atoms with Gasteiger partial charge in [-0.3, -0.25) is 4.79 Å². The second-order valence-electron chi connectivity index (χ2n) is 6.70. The third kappa shape index (κ3) is 6.40. The molecule has 128 valence electrons. The number of unbranched alkanes of at least 4 members (excludes halogenated alkanes) is 2. The Morgan fingerprint density at radius 3 is 2.35 bits per heavy atom. The van der Waals surface area contributed by atoms with E-state index in [-0.39, 0.29) is 11.8 Å². The lowest BCUT2D eigenvalue weighted by molar-refractivity contribution is -0.113. The van der Waals surface area contributed by atoms with Crippen molar-refractivity contribution in [2.45, 2.75) is 64.7 Å². The molecule has 1 rings (SSSR count). The molecule has 4 heteroatoms. The molecule has 0 saturated carbocycles. The van der Waals surface area contributed by atoms with Crippen molar-refractivity contribution in [1.29, 1.82) is 0 Å². The van der Waals surface area contributed by atoms with Crippen LogP contribution >= 0.6 is 0 Å². The summed E-state index contributed by atoms with van der Waals surface area (Å²) in [6.45, 7) is 9.48. The number of nitrogens with one attached hydrogen (secondary N) is 1. The monoisotopic (exact) mass is 335 g/mol. The average Bonchev–Trinajstić information content (AvgIpc) is 2.49. The van der Waals surface area contributed by atoms with Gasteiger partial charge in [-0.15, -0.1) is 0 Å². The molecule has 1 aromatic carbocycles. The maximum atomic E-state index is 12.6. The number of rotatable bonds is 8. The minimum Gasteiger partial charge on any atom is -0.295 e. The van der Waals surface area contributed by atoms with Crippen molar-refractivity contribution in [3.63, 3.8) is 0 Å². The van der Waals surface area contributed by atoms with E-state index < -0.39 is 15.7 Å². The lowest BCUT2D eigenvalue weighted by atomic mass is 9.95. The zero-order valence-electron chi connectivity index (χ0n) is 14.9. The highest BCUT2D eigenvalue weighted by Gasteiger charge is 2.27. The Hall–Kier alpha value is -1.26. The molecule has 0 heterocycles. The summed E-state index contributed by atoms with van der Waals surface area (Å²) in [6.07, 6.45) is 4.98. The van der Waals surface area contributed by atoms with E-state index >= 15 is 0 Å². The first kappa shape index (κ1) is 19.8. The molecule has 1 unspecified atom stereocenters. The molecular formula is C19H29NO2S. The van der Waals surface area contributed by atoms with Gasteiger partial charge in [-0.1, -0.05) is 56.2 Å². The quantitative estimate of drug-likeness (QED) is 0.562. The summed E-state index contributed by atoms with van der Waals surface area (Å²) in [5, 5.41) is 0. The standard InChI is InChI=1S/C19H29NO2S/c1-6-7-9-14-17(15(2)21)18(16-12-10-8-11-13-16)20-23(22)19(3,4)5/h8,10-14,18,20H,6-7,9H2,1-5H3/b17-14+/t18-,23?/m0/s1. The summed E-state index contributed by atoms with van der Waals surface area (Å²) in [7, 11) is -1.26. The molecule has 1 N–H and O–H groups in total. The van der Waals surface area contributed by atoms with Crippen molar-refractivity contribution in [2.24, 2.45) is 0 Å². The van der Waals surface area contributed by atoms with Crippen LogP contribution in [0.25, 0.3) is 0 Å².